The summed E-state index contributed by atoms with van der Waals surface area (Å²) in [6.45, 7) is 4.04. The fourth-order valence-corrected chi connectivity index (χ4v) is 2.45. The van der Waals surface area contributed by atoms with Crippen LogP contribution in [0.1, 0.15) is 29.3 Å². The van der Waals surface area contributed by atoms with Crippen LogP contribution < -0.4 is 4.74 Å². The summed E-state index contributed by atoms with van der Waals surface area (Å²) < 4.78 is 5.68. The summed E-state index contributed by atoms with van der Waals surface area (Å²) in [5.41, 5.74) is 1.68. The highest BCUT2D eigenvalue weighted by molar-refractivity contribution is 7.09. The zero-order valence-corrected chi connectivity index (χ0v) is 11.8. The van der Waals surface area contributed by atoms with Crippen molar-refractivity contribution in [3.8, 4) is 5.75 Å². The van der Waals surface area contributed by atoms with Gasteiger partial charge in [-0.1, -0.05) is 11.6 Å². The number of rotatable bonds is 4. The van der Waals surface area contributed by atoms with E-state index in [-0.39, 0.29) is 0 Å². The number of ether oxygens (including phenoxy) is 1. The van der Waals surface area contributed by atoms with Crippen molar-refractivity contribution >= 4 is 22.9 Å². The average molecular weight is 284 g/mol. The molecule has 2 aromatic rings. The number of aliphatic hydroxyl groups is 1. The number of thiazole rings is 1. The first-order valence-corrected chi connectivity index (χ1v) is 6.83. The fraction of sp³-hybridized carbons (Fsp3) is 0.308. The van der Waals surface area contributed by atoms with Gasteiger partial charge in [-0.2, -0.15) is 0 Å². The molecule has 5 heteroatoms. The molecule has 1 aromatic heterocycles. The third-order valence-corrected chi connectivity index (χ3v) is 3.61. The van der Waals surface area contributed by atoms with Gasteiger partial charge in [-0.05, 0) is 32.0 Å². The van der Waals surface area contributed by atoms with Gasteiger partial charge in [0.15, 0.2) is 0 Å². The van der Waals surface area contributed by atoms with Gasteiger partial charge in [-0.15, -0.1) is 11.3 Å². The minimum atomic E-state index is -0.614. The smallest absolute Gasteiger partial charge is 0.140 e. The summed E-state index contributed by atoms with van der Waals surface area (Å²) in [5.74, 6) is 0.641. The van der Waals surface area contributed by atoms with E-state index in [9.17, 15) is 5.11 Å². The highest BCUT2D eigenvalue weighted by Gasteiger charge is 2.10. The Bertz CT molecular complexity index is 540. The first kappa shape index (κ1) is 13.3. The molecule has 0 spiro atoms. The highest BCUT2D eigenvalue weighted by Crippen LogP contribution is 2.29. The lowest BCUT2D eigenvalue weighted by atomic mass is 10.1. The van der Waals surface area contributed by atoms with E-state index in [4.69, 9.17) is 16.3 Å². The van der Waals surface area contributed by atoms with E-state index >= 15 is 0 Å². The van der Waals surface area contributed by atoms with Crippen LogP contribution in [0.15, 0.2) is 23.6 Å². The number of benzene rings is 1. The minimum absolute atomic E-state index is 0.403. The van der Waals surface area contributed by atoms with Crippen LogP contribution in [0.25, 0.3) is 0 Å². The number of nitrogens with zero attached hydrogens (tertiary/aromatic N) is 1. The van der Waals surface area contributed by atoms with E-state index in [0.29, 0.717) is 22.9 Å². The minimum Gasteiger partial charge on any atom is -0.486 e. The first-order chi connectivity index (χ1) is 8.56. The van der Waals surface area contributed by atoms with Crippen LogP contribution in [0.5, 0.6) is 5.75 Å². The molecule has 1 N–H and O–H groups in total. The van der Waals surface area contributed by atoms with Gasteiger partial charge in [0.25, 0.3) is 0 Å². The Kier molecular flexibility index (Phi) is 4.22. The summed E-state index contributed by atoms with van der Waals surface area (Å²) in [7, 11) is 0. The van der Waals surface area contributed by atoms with Crippen molar-refractivity contribution in [1.29, 1.82) is 0 Å². The van der Waals surface area contributed by atoms with E-state index in [2.05, 4.69) is 4.98 Å². The third-order valence-electron chi connectivity index (χ3n) is 2.44. The number of aryl methyl sites for hydroxylation is 1. The molecule has 1 aromatic carbocycles. The first-order valence-electron chi connectivity index (χ1n) is 5.57. The fourth-order valence-electron chi connectivity index (χ4n) is 1.59. The average Bonchev–Trinajstić information content (AvgIpc) is 2.73. The molecule has 3 nitrogen and oxygen atoms in total. The van der Waals surface area contributed by atoms with Crippen LogP contribution in [-0.2, 0) is 6.61 Å². The maximum atomic E-state index is 9.68. The molecule has 18 heavy (non-hydrogen) atoms. The van der Waals surface area contributed by atoms with Crippen molar-refractivity contribution in [2.75, 3.05) is 0 Å². The maximum Gasteiger partial charge on any atom is 0.140 e. The number of aromatic nitrogens is 1. The quantitative estimate of drug-likeness (QED) is 0.929. The maximum absolute atomic E-state index is 9.68. The van der Waals surface area contributed by atoms with Gasteiger partial charge >= 0.3 is 0 Å². The summed E-state index contributed by atoms with van der Waals surface area (Å²) in [6.07, 6.45) is -0.614. The molecule has 0 saturated carbocycles. The van der Waals surface area contributed by atoms with Crippen LogP contribution in [0.2, 0.25) is 5.02 Å². The van der Waals surface area contributed by atoms with E-state index in [0.717, 1.165) is 10.7 Å². The van der Waals surface area contributed by atoms with Crippen LogP contribution >= 0.6 is 22.9 Å². The van der Waals surface area contributed by atoms with E-state index < -0.39 is 6.10 Å². The summed E-state index contributed by atoms with van der Waals surface area (Å²) >= 11 is 7.47. The molecule has 0 aliphatic rings. The highest BCUT2D eigenvalue weighted by atomic mass is 35.5. The predicted octanol–water partition coefficient (Wildman–Crippen LogP) is 3.74. The summed E-state index contributed by atoms with van der Waals surface area (Å²) in [4.78, 5) is 4.32. The van der Waals surface area contributed by atoms with Crippen LogP contribution in [0, 0.1) is 6.92 Å². The Morgan fingerprint density at radius 2 is 2.28 bits per heavy atom. The Hall–Kier alpha value is -1.10. The number of hydrogen-bond acceptors (Lipinski definition) is 4. The molecule has 0 bridgehead atoms. The zero-order valence-electron chi connectivity index (χ0n) is 10.2. The van der Waals surface area contributed by atoms with Gasteiger partial charge in [0.2, 0.25) is 0 Å². The van der Waals surface area contributed by atoms with Crippen molar-refractivity contribution in [2.24, 2.45) is 0 Å². The van der Waals surface area contributed by atoms with Crippen molar-refractivity contribution < 1.29 is 9.84 Å². The Labute approximate surface area is 115 Å². The second kappa shape index (κ2) is 5.69. The molecular weight excluding hydrogens is 270 g/mol. The van der Waals surface area contributed by atoms with Gasteiger partial charge in [-0.25, -0.2) is 4.98 Å². The van der Waals surface area contributed by atoms with Gasteiger partial charge in [-0.3, -0.25) is 0 Å². The number of halogens is 1. The normalized spacial score (nSPS) is 12.4. The zero-order chi connectivity index (χ0) is 13.1. The lowest BCUT2D eigenvalue weighted by Gasteiger charge is -2.13. The molecule has 2 rings (SSSR count). The van der Waals surface area contributed by atoms with Gasteiger partial charge in [0.05, 0.1) is 6.10 Å². The molecule has 0 radical (unpaired) electrons. The molecule has 96 valence electrons. The second-order valence-corrected chi connectivity index (χ2v) is 5.41. The van der Waals surface area contributed by atoms with E-state index in [1.807, 2.05) is 12.3 Å². The van der Waals surface area contributed by atoms with Crippen molar-refractivity contribution in [1.82, 2.24) is 4.98 Å². The van der Waals surface area contributed by atoms with Crippen LogP contribution in [0.3, 0.4) is 0 Å². The van der Waals surface area contributed by atoms with Crippen molar-refractivity contribution in [3.63, 3.8) is 0 Å². The molecule has 0 saturated heterocycles. The molecule has 0 aliphatic heterocycles. The molecule has 1 atom stereocenters. The molecule has 0 aliphatic carbocycles. The standard InChI is InChI=1S/C13H14ClNO2S/c1-8-7-18-13(15-8)6-17-12-4-3-10(14)5-11(12)9(2)16/h3-5,7,9,16H,6H2,1-2H3/t9-/m0/s1. The molecule has 0 unspecified atom stereocenters. The van der Waals surface area contributed by atoms with Gasteiger partial charge in [0.1, 0.15) is 17.4 Å². The van der Waals surface area contributed by atoms with Crippen LogP contribution in [-0.4, -0.2) is 10.1 Å². The number of hydrogen-bond donors (Lipinski definition) is 1. The monoisotopic (exact) mass is 283 g/mol. The van der Waals surface area contributed by atoms with Gasteiger partial charge in [0, 0.05) is 21.7 Å². The Morgan fingerprint density at radius 1 is 1.50 bits per heavy atom. The summed E-state index contributed by atoms with van der Waals surface area (Å²) in [5, 5.41) is 13.2. The van der Waals surface area contributed by atoms with Gasteiger partial charge < -0.3 is 9.84 Å². The topological polar surface area (TPSA) is 42.4 Å². The molecular formula is C13H14ClNO2S. The SMILES string of the molecule is Cc1csc(COc2ccc(Cl)cc2[C@H](C)O)n1. The third kappa shape index (κ3) is 3.22. The van der Waals surface area contributed by atoms with Crippen LogP contribution in [0.4, 0.5) is 0 Å². The second-order valence-electron chi connectivity index (χ2n) is 4.03. The lowest BCUT2D eigenvalue weighted by molar-refractivity contribution is 0.190. The lowest BCUT2D eigenvalue weighted by Crippen LogP contribution is -2.00. The number of aliphatic hydroxyl groups excluding tert-OH is 1. The Morgan fingerprint density at radius 3 is 2.89 bits per heavy atom. The van der Waals surface area contributed by atoms with E-state index in [1.54, 1.807) is 36.5 Å². The molecule has 0 fully saturated rings. The summed E-state index contributed by atoms with van der Waals surface area (Å²) in [6, 6.07) is 5.23. The molecule has 0 amide bonds. The Balaban J connectivity index is 2.13. The van der Waals surface area contributed by atoms with Crippen molar-refractivity contribution in [3.05, 3.63) is 44.9 Å². The predicted molar refractivity (Wildman–Crippen MR) is 73.3 cm³/mol. The molecule has 1 heterocycles. The van der Waals surface area contributed by atoms with Crippen molar-refractivity contribution in [2.45, 2.75) is 26.6 Å². The largest absolute Gasteiger partial charge is 0.486 e. The van der Waals surface area contributed by atoms with E-state index in [1.165, 1.54) is 0 Å².